The number of fused-ring (bicyclic) bond motifs is 2. The van der Waals surface area contributed by atoms with Crippen LogP contribution in [0.25, 0.3) is 0 Å². The monoisotopic (exact) mass is 1100 g/mol. The molecule has 4 heterocycles. The number of rotatable bonds is 27. The maximum Gasteiger partial charge on any atom is 0.247 e. The Kier molecular flexibility index (Phi) is 23.0. The van der Waals surface area contributed by atoms with Crippen molar-refractivity contribution in [1.82, 2.24) is 52.3 Å². The van der Waals surface area contributed by atoms with Crippen molar-refractivity contribution < 1.29 is 43.5 Å². The molecule has 19 nitrogen and oxygen atoms in total. The summed E-state index contributed by atoms with van der Waals surface area (Å²) in [6.07, 6.45) is 9.40. The van der Waals surface area contributed by atoms with Crippen LogP contribution in [-0.2, 0) is 38.4 Å². The highest BCUT2D eigenvalue weighted by atomic mass is 16.3. The maximum atomic E-state index is 14.8. The van der Waals surface area contributed by atoms with Gasteiger partial charge in [0.1, 0.15) is 30.2 Å². The molecule has 8 amide bonds. The molecule has 7 rings (SSSR count). The molecule has 4 fully saturated rings. The molecule has 19 heteroatoms. The summed E-state index contributed by atoms with van der Waals surface area (Å²) in [4.78, 5) is 115. The van der Waals surface area contributed by atoms with Crippen LogP contribution in [0.15, 0.2) is 91.0 Å². The molecule has 0 saturated carbocycles. The largest absolute Gasteiger partial charge is 0.396 e. The SMILES string of the molecule is CC[C@H](NC)C(=O)N[C@@H]1C(=O)N2C(CC[C@@H]1CO)CC[C@H]2C(=O)N[C@H](C(=O)NCCCCCCCC(=O)NC[C@H]1CC[C@H]2CC[C@@H](C(=O)NC(c3ccccc3)c3ccccc3)N2C(=O)[C@H]1NC(=O)[C@H](CC)NC)c1ccccc1. The predicted octanol–water partition coefficient (Wildman–Crippen LogP) is 3.82. The minimum atomic E-state index is -1.02. The summed E-state index contributed by atoms with van der Waals surface area (Å²) in [6.45, 7) is 4.02. The summed E-state index contributed by atoms with van der Waals surface area (Å²) in [5, 5.41) is 34.4. The molecule has 9 N–H and O–H groups in total. The van der Waals surface area contributed by atoms with Gasteiger partial charge in [-0.3, -0.25) is 38.4 Å². The summed E-state index contributed by atoms with van der Waals surface area (Å²) in [5.41, 5.74) is 2.43. The Morgan fingerprint density at radius 1 is 0.537 bits per heavy atom. The van der Waals surface area contributed by atoms with Gasteiger partial charge in [0, 0.05) is 50.0 Å². The number of carbonyl (C=O) groups is 8. The van der Waals surface area contributed by atoms with E-state index in [1.54, 1.807) is 48.2 Å². The van der Waals surface area contributed by atoms with Crippen LogP contribution in [0, 0.1) is 11.8 Å². The number of aliphatic hydroxyl groups excluding tert-OH is 1. The summed E-state index contributed by atoms with van der Waals surface area (Å²) >= 11 is 0. The lowest BCUT2D eigenvalue weighted by atomic mass is 9.92. The zero-order chi connectivity index (χ0) is 57.1. The lowest BCUT2D eigenvalue weighted by Gasteiger charge is -2.33. The zero-order valence-corrected chi connectivity index (χ0v) is 47.1. The van der Waals surface area contributed by atoms with Crippen molar-refractivity contribution >= 4 is 47.3 Å². The molecule has 1 unspecified atom stereocenters. The van der Waals surface area contributed by atoms with Gasteiger partial charge in [0.05, 0.1) is 18.1 Å². The molecule has 80 heavy (non-hydrogen) atoms. The highest BCUT2D eigenvalue weighted by molar-refractivity contribution is 5.97. The van der Waals surface area contributed by atoms with Gasteiger partial charge in [0.2, 0.25) is 47.3 Å². The van der Waals surface area contributed by atoms with Crippen LogP contribution in [-0.4, -0.2) is 144 Å². The number of likely N-dealkylation sites (N-methyl/N-ethyl adjacent to an activating group) is 2. The third-order valence-electron chi connectivity index (χ3n) is 17.0. The number of carbonyl (C=O) groups excluding carboxylic acids is 8. The molecule has 434 valence electrons. The van der Waals surface area contributed by atoms with Gasteiger partial charge >= 0.3 is 0 Å². The molecule has 4 saturated heterocycles. The van der Waals surface area contributed by atoms with E-state index >= 15 is 0 Å². The first kappa shape index (κ1) is 60.9. The fourth-order valence-electron chi connectivity index (χ4n) is 12.4. The molecule has 4 aliphatic rings. The Morgan fingerprint density at radius 3 is 1.49 bits per heavy atom. The van der Waals surface area contributed by atoms with E-state index in [2.05, 4.69) is 42.5 Å². The van der Waals surface area contributed by atoms with Crippen LogP contribution < -0.4 is 42.5 Å². The Labute approximate surface area is 471 Å². The van der Waals surface area contributed by atoms with Crippen molar-refractivity contribution in [3.05, 3.63) is 108 Å². The average Bonchev–Trinajstić information content (AvgIpc) is 4.07. The first-order valence-electron chi connectivity index (χ1n) is 29.3. The van der Waals surface area contributed by atoms with Crippen LogP contribution >= 0.6 is 0 Å². The number of nitrogens with zero attached hydrogens (tertiary/aromatic N) is 2. The van der Waals surface area contributed by atoms with Crippen LogP contribution in [0.2, 0.25) is 0 Å². The minimum Gasteiger partial charge on any atom is -0.396 e. The van der Waals surface area contributed by atoms with E-state index in [4.69, 9.17) is 0 Å². The first-order valence-corrected chi connectivity index (χ1v) is 29.3. The van der Waals surface area contributed by atoms with Crippen molar-refractivity contribution in [3.63, 3.8) is 0 Å². The van der Waals surface area contributed by atoms with Crippen LogP contribution in [0.5, 0.6) is 0 Å². The smallest absolute Gasteiger partial charge is 0.247 e. The van der Waals surface area contributed by atoms with Gasteiger partial charge in [-0.15, -0.1) is 0 Å². The summed E-state index contributed by atoms with van der Waals surface area (Å²) in [6, 6.07) is 22.0. The number of amides is 8. The molecule has 0 aromatic heterocycles. The number of nitrogens with one attached hydrogen (secondary N) is 8. The fourth-order valence-corrected chi connectivity index (χ4v) is 12.4. The van der Waals surface area contributed by atoms with Crippen LogP contribution in [0.1, 0.15) is 145 Å². The standard InChI is InChI=1S/C61H86N10O9/c1-5-46(62-3)55(74)68-53-42(28-30-44-32-34-48(70(44)60(53)79)57(76)66-51(39-21-13-10-14-22-39)40-23-15-11-16-24-40)37-65-50(73)27-19-8-7-9-20-36-64-59(78)52(41-25-17-12-18-26-41)67-58(77)49-35-33-45-31-29-43(38-72)54(61(80)71(45)49)69-56(75)47(6-2)63-4/h10-18,21-26,42-49,51-54,62-63,72H,5-9,19-20,27-38H2,1-4H3,(H,64,78)(H,65,73)(H,66,76)(H,67,77)(H,68,74)(H,69,75)/t42-,43-,44+,45?,46+,47+,48+,49+,52+,53+,54+/m1/s1. The van der Waals surface area contributed by atoms with Gasteiger partial charge in [0.15, 0.2) is 0 Å². The molecular weight excluding hydrogens is 1020 g/mol. The van der Waals surface area contributed by atoms with Gasteiger partial charge in [-0.05, 0) is 108 Å². The van der Waals surface area contributed by atoms with E-state index in [1.165, 1.54) is 0 Å². The first-order chi connectivity index (χ1) is 38.8. The average molecular weight is 1100 g/mol. The summed E-state index contributed by atoms with van der Waals surface area (Å²) in [5.74, 6) is -3.50. The molecular formula is C61H86N10O9. The van der Waals surface area contributed by atoms with E-state index in [0.29, 0.717) is 89.2 Å². The Bertz CT molecular complexity index is 2490. The predicted molar refractivity (Wildman–Crippen MR) is 304 cm³/mol. The van der Waals surface area contributed by atoms with Gasteiger partial charge in [-0.1, -0.05) is 124 Å². The van der Waals surface area contributed by atoms with Crippen LogP contribution in [0.4, 0.5) is 0 Å². The van der Waals surface area contributed by atoms with E-state index in [-0.39, 0.29) is 67.1 Å². The van der Waals surface area contributed by atoms with E-state index in [9.17, 15) is 43.5 Å². The Hall–Kier alpha value is -6.70. The quantitative estimate of drug-likeness (QED) is 0.0496. The Morgan fingerprint density at radius 2 is 0.988 bits per heavy atom. The Balaban J connectivity index is 0.880. The molecule has 3 aromatic rings. The zero-order valence-electron chi connectivity index (χ0n) is 47.1. The van der Waals surface area contributed by atoms with Crippen molar-refractivity contribution in [1.29, 1.82) is 0 Å². The lowest BCUT2D eigenvalue weighted by Crippen LogP contribution is -2.59. The normalized spacial score (nSPS) is 23.8. The number of aliphatic hydroxyl groups is 1. The maximum absolute atomic E-state index is 14.8. The second-order valence-corrected chi connectivity index (χ2v) is 22.0. The molecule has 3 aromatic carbocycles. The van der Waals surface area contributed by atoms with Gasteiger partial charge in [0.25, 0.3) is 0 Å². The fraction of sp³-hybridized carbons (Fsp3) is 0.574. The minimum absolute atomic E-state index is 0.149. The van der Waals surface area contributed by atoms with E-state index < -0.39 is 72.0 Å². The van der Waals surface area contributed by atoms with Crippen molar-refractivity contribution in [2.24, 2.45) is 11.8 Å². The van der Waals surface area contributed by atoms with Gasteiger partial charge < -0.3 is 57.4 Å². The molecule has 0 spiro atoms. The summed E-state index contributed by atoms with van der Waals surface area (Å²) < 4.78 is 0. The number of hydrogen-bond donors (Lipinski definition) is 9. The van der Waals surface area contributed by atoms with Crippen molar-refractivity contribution in [3.8, 4) is 0 Å². The highest BCUT2D eigenvalue weighted by Gasteiger charge is 2.50. The second kappa shape index (κ2) is 30.2. The topological polar surface area (TPSA) is 260 Å². The van der Waals surface area contributed by atoms with Gasteiger partial charge in [-0.2, -0.15) is 0 Å². The molecule has 0 radical (unpaired) electrons. The second-order valence-electron chi connectivity index (χ2n) is 22.0. The van der Waals surface area contributed by atoms with E-state index in [1.807, 2.05) is 80.6 Å². The highest BCUT2D eigenvalue weighted by Crippen LogP contribution is 2.36. The molecule has 4 aliphatic heterocycles. The lowest BCUT2D eigenvalue weighted by molar-refractivity contribution is -0.144. The number of unbranched alkanes of at least 4 members (excludes halogenated alkanes) is 4. The molecule has 0 bridgehead atoms. The van der Waals surface area contributed by atoms with Crippen molar-refractivity contribution in [2.45, 2.75) is 177 Å². The molecule has 11 atom stereocenters. The third-order valence-corrected chi connectivity index (χ3v) is 17.0. The van der Waals surface area contributed by atoms with Gasteiger partial charge in [-0.25, -0.2) is 0 Å². The number of benzene rings is 3. The number of hydrogen-bond acceptors (Lipinski definition) is 11. The van der Waals surface area contributed by atoms with Crippen LogP contribution in [0.3, 0.4) is 0 Å². The third kappa shape index (κ3) is 15.4. The molecule has 0 aliphatic carbocycles. The van der Waals surface area contributed by atoms with Crippen molar-refractivity contribution in [2.75, 3.05) is 33.8 Å². The summed E-state index contributed by atoms with van der Waals surface area (Å²) in [7, 11) is 3.37. The van der Waals surface area contributed by atoms with E-state index in [0.717, 1.165) is 30.4 Å².